The summed E-state index contributed by atoms with van der Waals surface area (Å²) >= 11 is 0. The van der Waals surface area contributed by atoms with E-state index in [9.17, 15) is 14.7 Å². The molecule has 0 bridgehead atoms. The van der Waals surface area contributed by atoms with Crippen LogP contribution in [0, 0.1) is 5.92 Å². The number of para-hydroxylation sites is 1. The Morgan fingerprint density at radius 1 is 1.26 bits per heavy atom. The summed E-state index contributed by atoms with van der Waals surface area (Å²) in [6.07, 6.45) is 4.37. The van der Waals surface area contributed by atoms with Crippen molar-refractivity contribution >= 4 is 11.9 Å². The molecule has 1 N–H and O–H groups in total. The Hall–Kier alpha value is -2.87. The van der Waals surface area contributed by atoms with Crippen molar-refractivity contribution in [2.45, 2.75) is 76.2 Å². The van der Waals surface area contributed by atoms with Gasteiger partial charge in [-0.2, -0.15) is 5.10 Å². The zero-order valence-electron chi connectivity index (χ0n) is 20.1. The van der Waals surface area contributed by atoms with Gasteiger partial charge in [0, 0.05) is 36.7 Å². The van der Waals surface area contributed by atoms with E-state index in [0.717, 1.165) is 24.2 Å². The molecule has 34 heavy (non-hydrogen) atoms. The van der Waals surface area contributed by atoms with Crippen molar-refractivity contribution in [1.29, 1.82) is 0 Å². The molecule has 182 valence electrons. The molecule has 2 fully saturated rings. The molecular formula is C26H33N3O5. The smallest absolute Gasteiger partial charge is 0.303 e. The zero-order chi connectivity index (χ0) is 24.1. The van der Waals surface area contributed by atoms with Crippen LogP contribution in [0.2, 0.25) is 0 Å². The number of nitrogens with zero attached hydrogens (tertiary/aromatic N) is 3. The number of ether oxygens (including phenoxy) is 2. The van der Waals surface area contributed by atoms with Crippen molar-refractivity contribution in [1.82, 2.24) is 14.7 Å². The summed E-state index contributed by atoms with van der Waals surface area (Å²) in [6.45, 7) is 7.16. The quantitative estimate of drug-likeness (QED) is 0.707. The number of aromatic nitrogens is 2. The molecule has 5 rings (SSSR count). The van der Waals surface area contributed by atoms with E-state index in [1.807, 2.05) is 49.9 Å². The topological polar surface area (TPSA) is 93.9 Å². The lowest BCUT2D eigenvalue weighted by Crippen LogP contribution is -2.60. The van der Waals surface area contributed by atoms with E-state index in [2.05, 4.69) is 5.10 Å². The number of aliphatic carboxylic acids is 1. The van der Waals surface area contributed by atoms with Crippen LogP contribution < -0.4 is 4.74 Å². The third kappa shape index (κ3) is 3.68. The third-order valence-corrected chi connectivity index (χ3v) is 7.91. The van der Waals surface area contributed by atoms with Gasteiger partial charge in [-0.05, 0) is 58.6 Å². The van der Waals surface area contributed by atoms with Crippen molar-refractivity contribution in [3.05, 3.63) is 47.8 Å². The molecule has 0 aliphatic carbocycles. The van der Waals surface area contributed by atoms with E-state index in [1.54, 1.807) is 16.9 Å². The number of amides is 1. The van der Waals surface area contributed by atoms with Crippen LogP contribution in [0.25, 0.3) is 0 Å². The first kappa shape index (κ1) is 22.9. The largest absolute Gasteiger partial charge is 0.487 e. The molecule has 0 radical (unpaired) electrons. The normalized spacial score (nSPS) is 30.2. The number of carboxylic acid groups (broad SMARTS) is 1. The molecule has 0 saturated carbocycles. The van der Waals surface area contributed by atoms with E-state index in [0.29, 0.717) is 31.7 Å². The van der Waals surface area contributed by atoms with Crippen molar-refractivity contribution in [3.63, 3.8) is 0 Å². The Kier molecular flexibility index (Phi) is 5.67. The van der Waals surface area contributed by atoms with Gasteiger partial charge in [-0.1, -0.05) is 18.2 Å². The maximum atomic E-state index is 13.7. The highest BCUT2D eigenvalue weighted by Crippen LogP contribution is 2.55. The predicted octanol–water partition coefficient (Wildman–Crippen LogP) is 4.23. The van der Waals surface area contributed by atoms with Crippen molar-refractivity contribution in [2.75, 3.05) is 13.2 Å². The highest BCUT2D eigenvalue weighted by molar-refractivity contribution is 5.93. The Morgan fingerprint density at radius 3 is 2.82 bits per heavy atom. The van der Waals surface area contributed by atoms with Gasteiger partial charge in [0.15, 0.2) is 0 Å². The lowest BCUT2D eigenvalue weighted by molar-refractivity contribution is -0.169. The molecule has 1 spiro atoms. The second kappa shape index (κ2) is 8.41. The fraction of sp³-hybridized carbons (Fsp3) is 0.577. The first-order valence-corrected chi connectivity index (χ1v) is 12.2. The van der Waals surface area contributed by atoms with E-state index >= 15 is 0 Å². The second-order valence-corrected chi connectivity index (χ2v) is 10.4. The first-order chi connectivity index (χ1) is 16.2. The van der Waals surface area contributed by atoms with Gasteiger partial charge >= 0.3 is 5.97 Å². The van der Waals surface area contributed by atoms with E-state index in [4.69, 9.17) is 9.47 Å². The number of benzene rings is 1. The van der Waals surface area contributed by atoms with E-state index in [-0.39, 0.29) is 30.4 Å². The molecule has 1 amide bonds. The minimum Gasteiger partial charge on any atom is -0.487 e. The maximum Gasteiger partial charge on any atom is 0.303 e. The van der Waals surface area contributed by atoms with Crippen LogP contribution >= 0.6 is 0 Å². The monoisotopic (exact) mass is 467 g/mol. The van der Waals surface area contributed by atoms with Gasteiger partial charge in [0.2, 0.25) is 0 Å². The van der Waals surface area contributed by atoms with Gasteiger partial charge in [0.1, 0.15) is 17.0 Å². The second-order valence-electron chi connectivity index (χ2n) is 10.4. The molecule has 4 heterocycles. The van der Waals surface area contributed by atoms with Gasteiger partial charge in [-0.3, -0.25) is 14.3 Å². The number of hydrogen-bond donors (Lipinski definition) is 1. The van der Waals surface area contributed by atoms with Gasteiger partial charge < -0.3 is 19.5 Å². The molecule has 1 aromatic heterocycles. The summed E-state index contributed by atoms with van der Waals surface area (Å²) in [5.41, 5.74) is 0.452. The standard InChI is InChI=1S/C26H33N3O5/c1-17(2)29-20(10-13-27-29)24(32)28-14-6-11-26(28)15-19-23(33-16-26)18-7-4-5-8-21(18)34-25(19,3)12-9-22(30)31/h4-5,7-8,10,13,17,19,23H,6,9,11-12,14-16H2,1-3H3,(H,30,31)/t19-,23+,25+,26+/m1/s1. The lowest BCUT2D eigenvalue weighted by Gasteiger charge is -2.54. The molecular weight excluding hydrogens is 434 g/mol. The summed E-state index contributed by atoms with van der Waals surface area (Å²) in [7, 11) is 0. The summed E-state index contributed by atoms with van der Waals surface area (Å²) < 4.78 is 14.9. The predicted molar refractivity (Wildman–Crippen MR) is 125 cm³/mol. The molecule has 8 nitrogen and oxygen atoms in total. The van der Waals surface area contributed by atoms with Gasteiger partial charge in [0.05, 0.1) is 18.2 Å². The van der Waals surface area contributed by atoms with E-state index < -0.39 is 17.1 Å². The van der Waals surface area contributed by atoms with Crippen molar-refractivity contribution in [3.8, 4) is 5.75 Å². The van der Waals surface area contributed by atoms with Crippen molar-refractivity contribution in [2.24, 2.45) is 5.92 Å². The SMILES string of the molecule is CC(C)n1nccc1C(=O)N1CCC[C@]12CO[C@H]1c3ccccc3O[C@@](C)(CCC(=O)O)[C@@H]1C2. The minimum absolute atomic E-state index is 0.0184. The Balaban J connectivity index is 1.49. The number of rotatable bonds is 5. The fourth-order valence-electron chi connectivity index (χ4n) is 6.16. The van der Waals surface area contributed by atoms with Crippen LogP contribution in [-0.2, 0) is 9.53 Å². The number of fused-ring (bicyclic) bond motifs is 3. The van der Waals surface area contributed by atoms with E-state index in [1.165, 1.54) is 0 Å². The zero-order valence-corrected chi connectivity index (χ0v) is 20.1. The van der Waals surface area contributed by atoms with Gasteiger partial charge in [-0.15, -0.1) is 0 Å². The summed E-state index contributed by atoms with van der Waals surface area (Å²) in [5.74, 6) is -0.173. The first-order valence-electron chi connectivity index (χ1n) is 12.2. The molecule has 8 heteroatoms. The van der Waals surface area contributed by atoms with Crippen LogP contribution in [0.15, 0.2) is 36.5 Å². The average Bonchev–Trinajstić information content (AvgIpc) is 3.46. The van der Waals surface area contributed by atoms with Gasteiger partial charge in [-0.25, -0.2) is 0 Å². The lowest BCUT2D eigenvalue weighted by atomic mass is 9.68. The fourth-order valence-corrected chi connectivity index (χ4v) is 6.16. The number of carbonyl (C=O) groups is 2. The number of hydrogen-bond acceptors (Lipinski definition) is 5. The number of likely N-dealkylation sites (tertiary alicyclic amines) is 1. The molecule has 3 aliphatic heterocycles. The maximum absolute atomic E-state index is 13.7. The highest BCUT2D eigenvalue weighted by atomic mass is 16.5. The number of carboxylic acids is 1. The molecule has 1 aromatic carbocycles. The number of carbonyl (C=O) groups excluding carboxylic acids is 1. The molecule has 2 saturated heterocycles. The Morgan fingerprint density at radius 2 is 2.06 bits per heavy atom. The van der Waals surface area contributed by atoms with Crippen LogP contribution in [0.3, 0.4) is 0 Å². The third-order valence-electron chi connectivity index (χ3n) is 7.91. The Bertz CT molecular complexity index is 1100. The minimum atomic E-state index is -0.841. The Labute approximate surface area is 199 Å². The summed E-state index contributed by atoms with van der Waals surface area (Å²) in [5, 5.41) is 13.8. The van der Waals surface area contributed by atoms with Crippen LogP contribution in [0.5, 0.6) is 5.75 Å². The van der Waals surface area contributed by atoms with Crippen LogP contribution in [-0.4, -0.2) is 56.0 Å². The van der Waals surface area contributed by atoms with Gasteiger partial charge in [0.25, 0.3) is 5.91 Å². The average molecular weight is 468 g/mol. The summed E-state index contributed by atoms with van der Waals surface area (Å²) in [6, 6.07) is 9.73. The van der Waals surface area contributed by atoms with Crippen LogP contribution in [0.1, 0.15) is 81.1 Å². The highest BCUT2D eigenvalue weighted by Gasteiger charge is 2.57. The van der Waals surface area contributed by atoms with Crippen molar-refractivity contribution < 1.29 is 24.2 Å². The summed E-state index contributed by atoms with van der Waals surface area (Å²) in [4.78, 5) is 27.2. The molecule has 2 aromatic rings. The molecule has 3 aliphatic rings. The molecule has 4 atom stereocenters. The van der Waals surface area contributed by atoms with Crippen LogP contribution in [0.4, 0.5) is 0 Å². The molecule has 0 unspecified atom stereocenters.